The number of pyridine rings is 1. The van der Waals surface area contributed by atoms with Crippen molar-refractivity contribution in [3.63, 3.8) is 0 Å². The number of aromatic nitrogens is 2. The first kappa shape index (κ1) is 12.2. The quantitative estimate of drug-likeness (QED) is 0.251. The second-order valence-corrected chi connectivity index (χ2v) is 9.26. The monoisotopic (exact) mass is 482 g/mol. The first-order valence-corrected chi connectivity index (χ1v) is 11.7. The molecule has 0 fully saturated rings. The van der Waals surface area contributed by atoms with E-state index in [-0.39, 0.29) is 38.5 Å². The van der Waals surface area contributed by atoms with Crippen LogP contribution in [0.15, 0.2) is 85.1 Å². The second kappa shape index (κ2) is 8.44. The predicted molar refractivity (Wildman–Crippen MR) is 150 cm³/mol. The summed E-state index contributed by atoms with van der Waals surface area (Å²) < 4.78 is 98.5. The van der Waals surface area contributed by atoms with E-state index in [1.165, 1.54) is 18.2 Å². The highest BCUT2D eigenvalue weighted by atomic mass is 32.1. The molecule has 0 amide bonds. The SMILES string of the molecule is [2H]C([2H])([2H])c1cnc(-c2cccc3ccc4nc(-c5c(C([2H])([2H])[2H])cc(-c6ccccc6)cc5C([2H])([2H])[2H])sc4c23)cc1C([2H])([2H])[2H]. The van der Waals surface area contributed by atoms with Gasteiger partial charge in [0.25, 0.3) is 0 Å². The van der Waals surface area contributed by atoms with Gasteiger partial charge in [-0.05, 0) is 78.3 Å². The number of hydrogen-bond acceptors (Lipinski definition) is 3. The van der Waals surface area contributed by atoms with E-state index in [2.05, 4.69) is 4.98 Å². The molecular formula is C32H26N2S. The van der Waals surface area contributed by atoms with Crippen LogP contribution in [-0.2, 0) is 0 Å². The van der Waals surface area contributed by atoms with Gasteiger partial charge in [0, 0.05) is 39.2 Å². The van der Waals surface area contributed by atoms with Gasteiger partial charge in [-0.25, -0.2) is 4.98 Å². The van der Waals surface area contributed by atoms with Gasteiger partial charge >= 0.3 is 0 Å². The van der Waals surface area contributed by atoms with Crippen molar-refractivity contribution in [2.24, 2.45) is 0 Å². The van der Waals surface area contributed by atoms with Gasteiger partial charge < -0.3 is 0 Å². The van der Waals surface area contributed by atoms with E-state index < -0.39 is 27.4 Å². The van der Waals surface area contributed by atoms with Crippen molar-refractivity contribution in [3.05, 3.63) is 107 Å². The van der Waals surface area contributed by atoms with E-state index in [4.69, 9.17) is 21.4 Å². The minimum absolute atomic E-state index is 0.0151. The van der Waals surface area contributed by atoms with Gasteiger partial charge in [0.1, 0.15) is 5.01 Å². The molecule has 3 heteroatoms. The van der Waals surface area contributed by atoms with E-state index in [1.807, 2.05) is 12.1 Å². The van der Waals surface area contributed by atoms with Crippen LogP contribution < -0.4 is 0 Å². The summed E-state index contributed by atoms with van der Waals surface area (Å²) in [6.45, 7) is -10.8. The summed E-state index contributed by atoms with van der Waals surface area (Å²) in [6, 6.07) is 22.1. The van der Waals surface area contributed by atoms with Crippen molar-refractivity contribution < 1.29 is 16.4 Å². The van der Waals surface area contributed by atoms with Gasteiger partial charge in [-0.2, -0.15) is 0 Å². The number of hydrogen-bond donors (Lipinski definition) is 0. The largest absolute Gasteiger partial charge is 0.256 e. The second-order valence-electron chi connectivity index (χ2n) is 8.26. The zero-order chi connectivity index (χ0) is 34.1. The maximum Gasteiger partial charge on any atom is 0.125 e. The maximum absolute atomic E-state index is 8.40. The van der Waals surface area contributed by atoms with Crippen molar-refractivity contribution in [2.45, 2.75) is 27.4 Å². The molecule has 6 aromatic rings. The molecule has 0 saturated heterocycles. The Morgan fingerprint density at radius 2 is 1.51 bits per heavy atom. The number of benzene rings is 4. The Labute approximate surface area is 226 Å². The molecule has 0 aliphatic heterocycles. The van der Waals surface area contributed by atoms with Gasteiger partial charge in [0.15, 0.2) is 0 Å². The van der Waals surface area contributed by atoms with Gasteiger partial charge in [0.05, 0.1) is 15.9 Å². The third-order valence-electron chi connectivity index (χ3n) is 6.04. The van der Waals surface area contributed by atoms with Crippen LogP contribution in [0.2, 0.25) is 0 Å². The molecule has 0 bridgehead atoms. The molecule has 0 saturated carbocycles. The third kappa shape index (κ3) is 3.73. The fourth-order valence-electron chi connectivity index (χ4n) is 4.35. The third-order valence-corrected chi connectivity index (χ3v) is 7.14. The van der Waals surface area contributed by atoms with Gasteiger partial charge in [-0.15, -0.1) is 11.3 Å². The highest BCUT2D eigenvalue weighted by Gasteiger charge is 2.17. The van der Waals surface area contributed by atoms with E-state index in [0.717, 1.165) is 22.9 Å². The molecule has 0 N–H and O–H groups in total. The number of thiazole rings is 1. The van der Waals surface area contributed by atoms with Crippen molar-refractivity contribution >= 4 is 32.3 Å². The first-order valence-electron chi connectivity index (χ1n) is 16.9. The summed E-state index contributed by atoms with van der Waals surface area (Å²) >= 11 is 1.13. The van der Waals surface area contributed by atoms with Crippen molar-refractivity contribution in [2.75, 3.05) is 0 Å². The molecule has 170 valence electrons. The Kier molecular flexibility index (Phi) is 2.95. The van der Waals surface area contributed by atoms with Crippen LogP contribution in [0.3, 0.4) is 0 Å². The molecule has 35 heavy (non-hydrogen) atoms. The fourth-order valence-corrected chi connectivity index (χ4v) is 5.56. The number of nitrogens with zero attached hydrogens (tertiary/aromatic N) is 2. The van der Waals surface area contributed by atoms with E-state index in [1.54, 1.807) is 48.5 Å². The van der Waals surface area contributed by atoms with Crippen LogP contribution in [0.5, 0.6) is 0 Å². The number of fused-ring (bicyclic) bond motifs is 3. The van der Waals surface area contributed by atoms with Gasteiger partial charge in [0.2, 0.25) is 0 Å². The topological polar surface area (TPSA) is 25.8 Å². The Morgan fingerprint density at radius 3 is 2.29 bits per heavy atom. The predicted octanol–water partition coefficient (Wildman–Crippen LogP) is 9.08. The molecule has 2 aromatic heterocycles. The van der Waals surface area contributed by atoms with Crippen LogP contribution >= 0.6 is 11.3 Å². The van der Waals surface area contributed by atoms with Crippen LogP contribution in [-0.4, -0.2) is 9.97 Å². The zero-order valence-corrected chi connectivity index (χ0v) is 19.2. The van der Waals surface area contributed by atoms with Gasteiger partial charge in [-0.3, -0.25) is 4.98 Å². The highest BCUT2D eigenvalue weighted by molar-refractivity contribution is 7.22. The Balaban J connectivity index is 1.64. The molecule has 0 aliphatic rings. The number of rotatable bonds is 3. The zero-order valence-electron chi connectivity index (χ0n) is 30.4. The van der Waals surface area contributed by atoms with Crippen molar-refractivity contribution in [3.8, 4) is 33.0 Å². The van der Waals surface area contributed by atoms with E-state index in [9.17, 15) is 0 Å². The molecule has 6 rings (SSSR count). The lowest BCUT2D eigenvalue weighted by atomic mass is 9.96. The maximum atomic E-state index is 8.40. The summed E-state index contributed by atoms with van der Waals surface area (Å²) in [6.07, 6.45) is 1.07. The Hall–Kier alpha value is -3.82. The van der Waals surface area contributed by atoms with Crippen molar-refractivity contribution in [1.29, 1.82) is 0 Å². The standard InChI is InChI=1S/C32H26N2S/c1-19-17-28(33-18-22(19)4)26-12-8-11-24-13-14-27-31(30(24)26)35-32(34-27)29-20(2)15-25(16-21(29)3)23-9-6-5-7-10-23/h5-18H,1-4H3/i1D3,2D3,3D3,4D3. The minimum Gasteiger partial charge on any atom is -0.256 e. The summed E-state index contributed by atoms with van der Waals surface area (Å²) in [4.78, 5) is 9.12. The number of aryl methyl sites for hydroxylation is 4. The normalized spacial score (nSPS) is 17.9. The Morgan fingerprint density at radius 1 is 0.714 bits per heavy atom. The summed E-state index contributed by atoms with van der Waals surface area (Å²) in [5.41, 5.74) is 1.38. The van der Waals surface area contributed by atoms with Gasteiger partial charge in [-0.1, -0.05) is 66.7 Å². The van der Waals surface area contributed by atoms with E-state index >= 15 is 0 Å². The molecule has 0 aliphatic carbocycles. The molecule has 0 atom stereocenters. The average Bonchev–Trinajstić information content (AvgIpc) is 3.43. The molecular weight excluding hydrogens is 444 g/mol. The van der Waals surface area contributed by atoms with E-state index in [0.29, 0.717) is 32.3 Å². The molecule has 0 spiro atoms. The van der Waals surface area contributed by atoms with Crippen LogP contribution in [0, 0.1) is 27.4 Å². The molecule has 0 radical (unpaired) electrons. The summed E-state index contributed by atoms with van der Waals surface area (Å²) in [7, 11) is 0. The lowest BCUT2D eigenvalue weighted by Crippen LogP contribution is -1.90. The highest BCUT2D eigenvalue weighted by Crippen LogP contribution is 2.41. The van der Waals surface area contributed by atoms with Crippen LogP contribution in [0.4, 0.5) is 0 Å². The summed E-state index contributed by atoms with van der Waals surface area (Å²) in [5, 5.41) is 1.58. The molecule has 2 nitrogen and oxygen atoms in total. The molecule has 2 heterocycles. The van der Waals surface area contributed by atoms with Crippen molar-refractivity contribution in [1.82, 2.24) is 9.97 Å². The van der Waals surface area contributed by atoms with Crippen LogP contribution in [0.25, 0.3) is 53.9 Å². The first-order chi connectivity index (χ1) is 21.8. The summed E-state index contributed by atoms with van der Waals surface area (Å²) in [5.74, 6) is 0. The smallest absolute Gasteiger partial charge is 0.125 e. The lowest BCUT2D eigenvalue weighted by molar-refractivity contribution is 1.22. The van der Waals surface area contributed by atoms with Crippen LogP contribution in [0.1, 0.15) is 38.7 Å². The minimum atomic E-state index is -2.72. The lowest BCUT2D eigenvalue weighted by Gasteiger charge is -2.11. The molecule has 4 aromatic carbocycles. The fraction of sp³-hybridized carbons (Fsp3) is 0.125. The molecule has 0 unspecified atom stereocenters. The average molecular weight is 483 g/mol. The Bertz CT molecular complexity index is 2110.